The lowest BCUT2D eigenvalue weighted by Gasteiger charge is -2.61. The SMILES string of the molecule is Clc1ncc(Cl)c(C2=CCc3ccccc32)n1.NC12CC3CC(C1)CC(N)(C3)C2.NC12CC3CC(C1)CC(Nc1ncc(Cl)c(C4=CCc5ccccc54)n1)(C3)C2. The molecule has 2 heterocycles. The first-order valence-electron chi connectivity index (χ1n) is 20.8. The van der Waals surface area contributed by atoms with E-state index < -0.39 is 0 Å². The van der Waals surface area contributed by atoms with Gasteiger partial charge in [-0.25, -0.2) is 19.9 Å². The van der Waals surface area contributed by atoms with Crippen LogP contribution in [0.25, 0.3) is 11.1 Å². The summed E-state index contributed by atoms with van der Waals surface area (Å²) >= 11 is 18.5. The zero-order valence-corrected chi connectivity index (χ0v) is 34.6. The van der Waals surface area contributed by atoms with Crippen LogP contribution in [0.1, 0.15) is 111 Å². The smallest absolute Gasteiger partial charge is 0.223 e. The van der Waals surface area contributed by atoms with Crippen LogP contribution in [0.3, 0.4) is 0 Å². The quantitative estimate of drug-likeness (QED) is 0.149. The third kappa shape index (κ3) is 7.33. The van der Waals surface area contributed by atoms with Crippen LogP contribution in [0.2, 0.25) is 15.3 Å². The minimum Gasteiger partial charge on any atom is -0.349 e. The number of nitrogens with zero attached hydrogens (tertiary/aromatic N) is 4. The summed E-state index contributed by atoms with van der Waals surface area (Å²) in [4.78, 5) is 17.5. The Balaban J connectivity index is 0.000000115. The molecule has 8 saturated carbocycles. The molecule has 10 aliphatic carbocycles. The molecule has 14 rings (SSSR count). The van der Waals surface area contributed by atoms with E-state index in [1.54, 1.807) is 6.20 Å². The summed E-state index contributed by atoms with van der Waals surface area (Å²) in [6.45, 7) is 0. The molecule has 8 nitrogen and oxygen atoms in total. The van der Waals surface area contributed by atoms with Crippen LogP contribution in [0.5, 0.6) is 0 Å². The zero-order valence-electron chi connectivity index (χ0n) is 32.3. The molecule has 2 aromatic heterocycles. The third-order valence-corrected chi connectivity index (χ3v) is 15.0. The van der Waals surface area contributed by atoms with Crippen LogP contribution in [0.4, 0.5) is 5.95 Å². The maximum atomic E-state index is 6.76. The third-order valence-electron chi connectivity index (χ3n) is 14.3. The molecule has 8 bridgehead atoms. The first-order chi connectivity index (χ1) is 27.3. The topological polar surface area (TPSA) is 142 Å². The van der Waals surface area contributed by atoms with Crippen LogP contribution in [0, 0.1) is 23.7 Å². The van der Waals surface area contributed by atoms with E-state index in [-0.39, 0.29) is 27.4 Å². The van der Waals surface area contributed by atoms with Gasteiger partial charge in [-0.3, -0.25) is 0 Å². The second-order valence-electron chi connectivity index (χ2n) is 19.1. The molecular formula is C46H51Cl3N8. The van der Waals surface area contributed by atoms with E-state index in [0.717, 1.165) is 66.2 Å². The molecule has 0 amide bonds. The van der Waals surface area contributed by atoms with Gasteiger partial charge in [-0.05, 0) is 147 Å². The molecular weight excluding hydrogens is 771 g/mol. The summed E-state index contributed by atoms with van der Waals surface area (Å²) in [6.07, 6.45) is 24.1. The molecule has 10 aliphatic rings. The fourth-order valence-electron chi connectivity index (χ4n) is 13.3. The standard InChI is InChI=1S/C23H25ClN4.C13H8Cl2N2.C10H18N2/c24-19-12-26-21(27-20(19)18-6-5-16-3-1-2-4-17(16)18)28-23-10-14-7-15(11-23)9-22(25,8-14)13-23;14-11-7-16-13(15)17-12(11)10-6-5-8-3-1-2-4-9(8)10;11-9-2-7-1-8(4-9)5-10(12,3-7)6-9/h1-4,6,12,14-15H,5,7-11,13,25H2,(H,26,27,28);1-4,6-7H,5H2;7-8H,1-6,11-12H2. The van der Waals surface area contributed by atoms with E-state index in [1.807, 2.05) is 12.1 Å². The minimum absolute atomic E-state index is 0.000735. The van der Waals surface area contributed by atoms with Crippen LogP contribution < -0.4 is 22.5 Å². The molecule has 8 fully saturated rings. The summed E-state index contributed by atoms with van der Waals surface area (Å²) in [7, 11) is 0. The molecule has 0 saturated heterocycles. The number of rotatable bonds is 4. The zero-order chi connectivity index (χ0) is 39.2. The highest BCUT2D eigenvalue weighted by molar-refractivity contribution is 6.33. The molecule has 0 spiro atoms. The summed E-state index contributed by atoms with van der Waals surface area (Å²) in [5, 5.41) is 5.09. The first-order valence-corrected chi connectivity index (χ1v) is 21.9. The summed E-state index contributed by atoms with van der Waals surface area (Å²) in [6, 6.07) is 16.7. The van der Waals surface area contributed by atoms with Crippen molar-refractivity contribution < 1.29 is 0 Å². The fourth-order valence-corrected chi connectivity index (χ4v) is 13.8. The second kappa shape index (κ2) is 14.1. The van der Waals surface area contributed by atoms with Gasteiger partial charge in [0.1, 0.15) is 0 Å². The van der Waals surface area contributed by atoms with Gasteiger partial charge in [0.05, 0.1) is 33.8 Å². The van der Waals surface area contributed by atoms with Gasteiger partial charge in [-0.15, -0.1) is 0 Å². The Labute approximate surface area is 350 Å². The Morgan fingerprint density at radius 3 is 1.53 bits per heavy atom. The van der Waals surface area contributed by atoms with Crippen molar-refractivity contribution in [3.63, 3.8) is 0 Å². The number of halogens is 3. The van der Waals surface area contributed by atoms with E-state index in [9.17, 15) is 0 Å². The van der Waals surface area contributed by atoms with E-state index in [0.29, 0.717) is 21.7 Å². The molecule has 296 valence electrons. The Bertz CT molecular complexity index is 2260. The summed E-state index contributed by atoms with van der Waals surface area (Å²) in [5.41, 5.74) is 28.4. The number of hydrogen-bond donors (Lipinski definition) is 4. The van der Waals surface area contributed by atoms with Crippen molar-refractivity contribution in [2.24, 2.45) is 40.9 Å². The van der Waals surface area contributed by atoms with Crippen LogP contribution in [-0.2, 0) is 12.8 Å². The second-order valence-corrected chi connectivity index (χ2v) is 20.3. The normalized spacial score (nSPS) is 34.4. The molecule has 0 aliphatic heterocycles. The first kappa shape index (κ1) is 37.9. The van der Waals surface area contributed by atoms with E-state index >= 15 is 0 Å². The van der Waals surface area contributed by atoms with Crippen LogP contribution in [-0.4, -0.2) is 42.1 Å². The number of allylic oxidation sites excluding steroid dienone is 2. The van der Waals surface area contributed by atoms with Crippen LogP contribution in [0.15, 0.2) is 73.1 Å². The van der Waals surface area contributed by atoms with Gasteiger partial charge >= 0.3 is 0 Å². The van der Waals surface area contributed by atoms with Crippen LogP contribution >= 0.6 is 34.8 Å². The van der Waals surface area contributed by atoms with E-state index in [2.05, 4.69) is 68.8 Å². The number of hydrogen-bond acceptors (Lipinski definition) is 8. The lowest BCUT2D eigenvalue weighted by atomic mass is 9.50. The van der Waals surface area contributed by atoms with Gasteiger partial charge in [0.2, 0.25) is 11.2 Å². The lowest BCUT2D eigenvalue weighted by Crippen LogP contribution is -2.66. The number of nitrogens with one attached hydrogen (secondary N) is 1. The van der Waals surface area contributed by atoms with Crippen molar-refractivity contribution in [1.82, 2.24) is 19.9 Å². The van der Waals surface area contributed by atoms with Gasteiger partial charge in [-0.2, -0.15) is 0 Å². The molecule has 2 atom stereocenters. The maximum absolute atomic E-state index is 6.76. The number of fused-ring (bicyclic) bond motifs is 2. The van der Waals surface area contributed by atoms with Crippen molar-refractivity contribution in [3.8, 4) is 0 Å². The maximum Gasteiger partial charge on any atom is 0.223 e. The van der Waals surface area contributed by atoms with Gasteiger partial charge in [-0.1, -0.05) is 83.9 Å². The van der Waals surface area contributed by atoms with E-state index in [1.165, 1.54) is 92.7 Å². The Kier molecular flexibility index (Phi) is 9.39. The highest BCUT2D eigenvalue weighted by Gasteiger charge is 2.57. The molecule has 0 radical (unpaired) electrons. The predicted octanol–water partition coefficient (Wildman–Crippen LogP) is 9.35. The molecule has 2 unspecified atom stereocenters. The monoisotopic (exact) mass is 820 g/mol. The van der Waals surface area contributed by atoms with Crippen molar-refractivity contribution >= 4 is 51.9 Å². The minimum atomic E-state index is -0.000735. The van der Waals surface area contributed by atoms with Crippen molar-refractivity contribution in [2.75, 3.05) is 5.32 Å². The number of benzene rings is 2. The Hall–Kier alpha value is -3.37. The number of anilines is 1. The highest BCUT2D eigenvalue weighted by atomic mass is 35.5. The van der Waals surface area contributed by atoms with Gasteiger partial charge in [0, 0.05) is 33.3 Å². The van der Waals surface area contributed by atoms with Gasteiger partial charge < -0.3 is 22.5 Å². The lowest BCUT2D eigenvalue weighted by molar-refractivity contribution is -0.0173. The average Bonchev–Trinajstić information content (AvgIpc) is 3.76. The molecule has 57 heavy (non-hydrogen) atoms. The largest absolute Gasteiger partial charge is 0.349 e. The van der Waals surface area contributed by atoms with E-state index in [4.69, 9.17) is 57.0 Å². The molecule has 2 aromatic carbocycles. The van der Waals surface area contributed by atoms with Gasteiger partial charge in [0.15, 0.2) is 0 Å². The predicted molar refractivity (Wildman–Crippen MR) is 230 cm³/mol. The number of aromatic nitrogens is 4. The van der Waals surface area contributed by atoms with Crippen molar-refractivity contribution in [1.29, 1.82) is 0 Å². The Morgan fingerprint density at radius 2 is 1.02 bits per heavy atom. The highest BCUT2D eigenvalue weighted by Crippen LogP contribution is 2.58. The fraction of sp³-hybridized carbons (Fsp3) is 0.478. The Morgan fingerprint density at radius 1 is 0.561 bits per heavy atom. The average molecular weight is 822 g/mol. The number of nitrogens with two attached hydrogens (primary N) is 3. The summed E-state index contributed by atoms with van der Waals surface area (Å²) in [5.74, 6) is 3.91. The van der Waals surface area contributed by atoms with Crippen molar-refractivity contribution in [2.45, 2.75) is 112 Å². The molecule has 11 heteroatoms. The van der Waals surface area contributed by atoms with Gasteiger partial charge in [0.25, 0.3) is 0 Å². The molecule has 7 N–H and O–H groups in total. The summed E-state index contributed by atoms with van der Waals surface area (Å²) < 4.78 is 0. The molecule has 4 aromatic rings. The van der Waals surface area contributed by atoms with Crippen molar-refractivity contribution in [3.05, 3.63) is 122 Å².